The van der Waals surface area contributed by atoms with E-state index in [2.05, 4.69) is 22.9 Å². The van der Waals surface area contributed by atoms with Crippen molar-refractivity contribution in [2.24, 2.45) is 0 Å². The van der Waals surface area contributed by atoms with E-state index in [0.29, 0.717) is 12.0 Å². The topological polar surface area (TPSA) is 20.2 Å². The van der Waals surface area contributed by atoms with E-state index in [4.69, 9.17) is 0 Å². The van der Waals surface area contributed by atoms with Gasteiger partial charge in [0.2, 0.25) is 0 Å². The Kier molecular flexibility index (Phi) is 9.12. The van der Waals surface area contributed by atoms with Gasteiger partial charge in [-0.05, 0) is 30.2 Å². The van der Waals surface area contributed by atoms with Gasteiger partial charge in [0, 0.05) is 10.9 Å². The standard InChI is InChI=1S/C17H26BrFO/c1-2-3-4-5-6-7-8-9-16(20)13-14-12-15(18)10-11-17(14)19/h10-12,16,20H,2-9,13H2,1H3. The molecule has 0 spiro atoms. The van der Waals surface area contributed by atoms with Crippen molar-refractivity contribution in [1.82, 2.24) is 0 Å². The Morgan fingerprint density at radius 3 is 2.45 bits per heavy atom. The minimum absolute atomic E-state index is 0.230. The fourth-order valence-electron chi connectivity index (χ4n) is 2.39. The maximum Gasteiger partial charge on any atom is 0.126 e. The second-order valence-corrected chi connectivity index (χ2v) is 6.42. The molecule has 1 N–H and O–H groups in total. The van der Waals surface area contributed by atoms with E-state index in [-0.39, 0.29) is 5.82 Å². The van der Waals surface area contributed by atoms with Crippen LogP contribution in [-0.2, 0) is 6.42 Å². The number of aliphatic hydroxyl groups is 1. The molecule has 1 nitrogen and oxygen atoms in total. The summed E-state index contributed by atoms with van der Waals surface area (Å²) in [5.41, 5.74) is 0.592. The second-order valence-electron chi connectivity index (χ2n) is 5.50. The third-order valence-electron chi connectivity index (χ3n) is 3.60. The monoisotopic (exact) mass is 344 g/mol. The van der Waals surface area contributed by atoms with Gasteiger partial charge in [-0.15, -0.1) is 0 Å². The van der Waals surface area contributed by atoms with Gasteiger partial charge in [-0.3, -0.25) is 0 Å². The highest BCUT2D eigenvalue weighted by Gasteiger charge is 2.09. The maximum absolute atomic E-state index is 13.6. The zero-order chi connectivity index (χ0) is 14.8. The molecular formula is C17H26BrFO. The molecule has 0 aliphatic rings. The normalized spacial score (nSPS) is 12.6. The van der Waals surface area contributed by atoms with Crippen LogP contribution in [0.4, 0.5) is 4.39 Å². The average Bonchev–Trinajstić information content (AvgIpc) is 2.42. The zero-order valence-electron chi connectivity index (χ0n) is 12.4. The van der Waals surface area contributed by atoms with Crippen molar-refractivity contribution in [2.45, 2.75) is 70.8 Å². The minimum Gasteiger partial charge on any atom is -0.393 e. The van der Waals surface area contributed by atoms with Crippen molar-refractivity contribution in [1.29, 1.82) is 0 Å². The van der Waals surface area contributed by atoms with Crippen molar-refractivity contribution in [3.8, 4) is 0 Å². The number of aliphatic hydroxyl groups excluding tert-OH is 1. The molecule has 0 amide bonds. The lowest BCUT2D eigenvalue weighted by Crippen LogP contribution is -2.11. The molecule has 0 aliphatic heterocycles. The van der Waals surface area contributed by atoms with Gasteiger partial charge >= 0.3 is 0 Å². The highest BCUT2D eigenvalue weighted by atomic mass is 79.9. The van der Waals surface area contributed by atoms with Crippen molar-refractivity contribution < 1.29 is 9.50 Å². The molecule has 1 rings (SSSR count). The summed E-state index contributed by atoms with van der Waals surface area (Å²) in [6.07, 6.45) is 9.40. The molecule has 1 atom stereocenters. The van der Waals surface area contributed by atoms with E-state index in [9.17, 15) is 9.50 Å². The van der Waals surface area contributed by atoms with Gasteiger partial charge in [0.1, 0.15) is 5.82 Å². The van der Waals surface area contributed by atoms with Crippen LogP contribution in [0, 0.1) is 5.82 Å². The largest absolute Gasteiger partial charge is 0.393 e. The molecule has 20 heavy (non-hydrogen) atoms. The number of hydrogen-bond acceptors (Lipinski definition) is 1. The first-order valence-electron chi connectivity index (χ1n) is 7.75. The van der Waals surface area contributed by atoms with Crippen molar-refractivity contribution in [2.75, 3.05) is 0 Å². The highest BCUT2D eigenvalue weighted by Crippen LogP contribution is 2.18. The van der Waals surface area contributed by atoms with Crippen LogP contribution in [0.3, 0.4) is 0 Å². The van der Waals surface area contributed by atoms with Gasteiger partial charge in [0.25, 0.3) is 0 Å². The van der Waals surface area contributed by atoms with Crippen LogP contribution in [0.25, 0.3) is 0 Å². The summed E-state index contributed by atoms with van der Waals surface area (Å²) in [5, 5.41) is 9.98. The summed E-state index contributed by atoms with van der Waals surface area (Å²) < 4.78 is 14.4. The molecule has 1 aromatic rings. The van der Waals surface area contributed by atoms with Crippen molar-refractivity contribution in [3.63, 3.8) is 0 Å². The number of unbranched alkanes of at least 4 members (excludes halogenated alkanes) is 6. The number of halogens is 2. The molecule has 0 aromatic heterocycles. The van der Waals surface area contributed by atoms with E-state index < -0.39 is 6.10 Å². The van der Waals surface area contributed by atoms with Crippen molar-refractivity contribution in [3.05, 3.63) is 34.1 Å². The molecule has 0 fully saturated rings. The lowest BCUT2D eigenvalue weighted by atomic mass is 10.0. The Bertz CT molecular complexity index is 381. The Morgan fingerprint density at radius 1 is 1.10 bits per heavy atom. The summed E-state index contributed by atoms with van der Waals surface area (Å²) in [4.78, 5) is 0. The number of benzene rings is 1. The molecule has 0 aliphatic carbocycles. The third-order valence-corrected chi connectivity index (χ3v) is 4.10. The van der Waals surface area contributed by atoms with Crippen LogP contribution in [0.5, 0.6) is 0 Å². The number of hydrogen-bond donors (Lipinski definition) is 1. The van der Waals surface area contributed by atoms with E-state index in [1.54, 1.807) is 12.1 Å². The Labute approximate surface area is 130 Å². The molecular weight excluding hydrogens is 319 g/mol. The van der Waals surface area contributed by atoms with Gasteiger partial charge in [-0.25, -0.2) is 4.39 Å². The summed E-state index contributed by atoms with van der Waals surface area (Å²) in [6.45, 7) is 2.22. The molecule has 0 saturated carbocycles. The van der Waals surface area contributed by atoms with E-state index >= 15 is 0 Å². The molecule has 0 heterocycles. The molecule has 3 heteroatoms. The fraction of sp³-hybridized carbons (Fsp3) is 0.647. The van der Waals surface area contributed by atoms with Crippen LogP contribution in [0.15, 0.2) is 22.7 Å². The van der Waals surface area contributed by atoms with Gasteiger partial charge in [-0.2, -0.15) is 0 Å². The van der Waals surface area contributed by atoms with Gasteiger partial charge < -0.3 is 5.11 Å². The van der Waals surface area contributed by atoms with E-state index in [1.165, 1.54) is 44.6 Å². The molecule has 0 radical (unpaired) electrons. The van der Waals surface area contributed by atoms with E-state index in [0.717, 1.165) is 17.3 Å². The van der Waals surface area contributed by atoms with Gasteiger partial charge in [0.05, 0.1) is 6.10 Å². The first-order chi connectivity index (χ1) is 9.63. The average molecular weight is 345 g/mol. The molecule has 0 bridgehead atoms. The minimum atomic E-state index is -0.436. The van der Waals surface area contributed by atoms with Crippen LogP contribution in [0.2, 0.25) is 0 Å². The van der Waals surface area contributed by atoms with Crippen LogP contribution in [-0.4, -0.2) is 11.2 Å². The van der Waals surface area contributed by atoms with Gasteiger partial charge in [-0.1, -0.05) is 67.8 Å². The lowest BCUT2D eigenvalue weighted by molar-refractivity contribution is 0.159. The lowest BCUT2D eigenvalue weighted by Gasteiger charge is -2.11. The Balaban J connectivity index is 2.17. The predicted molar refractivity (Wildman–Crippen MR) is 86.4 cm³/mol. The maximum atomic E-state index is 13.6. The Morgan fingerprint density at radius 2 is 1.75 bits per heavy atom. The molecule has 0 saturated heterocycles. The Hall–Kier alpha value is -0.410. The molecule has 1 aromatic carbocycles. The van der Waals surface area contributed by atoms with E-state index in [1.807, 2.05) is 0 Å². The first kappa shape index (κ1) is 17.6. The zero-order valence-corrected chi connectivity index (χ0v) is 14.0. The summed E-state index contributed by atoms with van der Waals surface area (Å²) in [7, 11) is 0. The van der Waals surface area contributed by atoms with Crippen molar-refractivity contribution >= 4 is 15.9 Å². The summed E-state index contributed by atoms with van der Waals surface area (Å²) in [5.74, 6) is -0.230. The van der Waals surface area contributed by atoms with Crippen LogP contribution < -0.4 is 0 Å². The summed E-state index contributed by atoms with van der Waals surface area (Å²) >= 11 is 3.33. The SMILES string of the molecule is CCCCCCCCCC(O)Cc1cc(Br)ccc1F. The summed E-state index contributed by atoms with van der Waals surface area (Å²) in [6, 6.07) is 4.88. The molecule has 1 unspecified atom stereocenters. The second kappa shape index (κ2) is 10.3. The van der Waals surface area contributed by atoms with Gasteiger partial charge in [0.15, 0.2) is 0 Å². The smallest absolute Gasteiger partial charge is 0.126 e. The fourth-order valence-corrected chi connectivity index (χ4v) is 2.80. The van der Waals surface area contributed by atoms with Crippen LogP contribution in [0.1, 0.15) is 63.9 Å². The third kappa shape index (κ3) is 7.39. The first-order valence-corrected chi connectivity index (χ1v) is 8.54. The quantitative estimate of drug-likeness (QED) is 0.545. The number of rotatable bonds is 10. The highest BCUT2D eigenvalue weighted by molar-refractivity contribution is 9.10. The predicted octanol–water partition coefficient (Wildman–Crippen LogP) is 5.63. The molecule has 114 valence electrons. The van der Waals surface area contributed by atoms with Crippen LogP contribution >= 0.6 is 15.9 Å².